The van der Waals surface area contributed by atoms with Crippen LogP contribution in [0.2, 0.25) is 0 Å². The first-order valence-corrected chi connectivity index (χ1v) is 7.82. The molecule has 0 aromatic heterocycles. The van der Waals surface area contributed by atoms with Crippen LogP contribution in [0.1, 0.15) is 24.5 Å². The van der Waals surface area contributed by atoms with Crippen LogP contribution in [0.3, 0.4) is 0 Å². The molecule has 0 heterocycles. The van der Waals surface area contributed by atoms with E-state index in [0.29, 0.717) is 6.42 Å². The van der Waals surface area contributed by atoms with Crippen molar-refractivity contribution in [1.82, 2.24) is 4.72 Å². The van der Waals surface area contributed by atoms with Crippen molar-refractivity contribution in [3.05, 3.63) is 29.3 Å². The molecular formula is C12H15ClF3NO2S. The van der Waals surface area contributed by atoms with Gasteiger partial charge in [0.05, 0.1) is 10.5 Å². The van der Waals surface area contributed by atoms with Crippen molar-refractivity contribution in [2.24, 2.45) is 0 Å². The second-order valence-corrected chi connectivity index (χ2v) is 6.64. The normalized spacial score (nSPS) is 14.3. The lowest BCUT2D eigenvalue weighted by molar-refractivity contribution is -0.138. The summed E-state index contributed by atoms with van der Waals surface area (Å²) in [6.07, 6.45) is -4.04. The summed E-state index contributed by atoms with van der Waals surface area (Å²) in [5, 5.41) is -0.407. The summed E-state index contributed by atoms with van der Waals surface area (Å²) in [4.78, 5) is -0.382. The first-order chi connectivity index (χ1) is 9.09. The van der Waals surface area contributed by atoms with E-state index < -0.39 is 27.1 Å². The molecule has 0 bridgehead atoms. The Kier molecular flexibility index (Phi) is 5.46. The van der Waals surface area contributed by atoms with Gasteiger partial charge in [0.2, 0.25) is 10.0 Å². The monoisotopic (exact) mass is 329 g/mol. The van der Waals surface area contributed by atoms with Crippen LogP contribution in [0, 0.1) is 6.92 Å². The van der Waals surface area contributed by atoms with Crippen molar-refractivity contribution in [2.45, 2.75) is 36.7 Å². The molecule has 1 atom stereocenters. The largest absolute Gasteiger partial charge is 0.416 e. The molecule has 0 aliphatic rings. The third-order valence-electron chi connectivity index (χ3n) is 2.82. The summed E-state index contributed by atoms with van der Waals surface area (Å²) in [5.74, 6) is 0. The van der Waals surface area contributed by atoms with Crippen molar-refractivity contribution in [2.75, 3.05) is 6.54 Å². The summed E-state index contributed by atoms with van der Waals surface area (Å²) >= 11 is 5.80. The van der Waals surface area contributed by atoms with Gasteiger partial charge in [0.1, 0.15) is 0 Å². The first kappa shape index (κ1) is 17.3. The Labute approximate surface area is 121 Å². The van der Waals surface area contributed by atoms with Crippen molar-refractivity contribution in [3.63, 3.8) is 0 Å². The SMILES string of the molecule is CCC(Cl)CNS(=O)(=O)c1cccc(C(F)(F)F)c1C. The third-order valence-corrected chi connectivity index (χ3v) is 4.85. The van der Waals surface area contributed by atoms with Gasteiger partial charge in [-0.3, -0.25) is 0 Å². The minimum atomic E-state index is -4.59. The summed E-state index contributed by atoms with van der Waals surface area (Å²) in [7, 11) is -4.01. The Hall–Kier alpha value is -0.790. The summed E-state index contributed by atoms with van der Waals surface area (Å²) in [6, 6.07) is 3.06. The van der Waals surface area contributed by atoms with Gasteiger partial charge in [0.25, 0.3) is 0 Å². The van der Waals surface area contributed by atoms with Crippen LogP contribution in [0.25, 0.3) is 0 Å². The van der Waals surface area contributed by atoms with E-state index in [2.05, 4.69) is 4.72 Å². The van der Waals surface area contributed by atoms with Crippen LogP contribution in [0.4, 0.5) is 13.2 Å². The van der Waals surface area contributed by atoms with E-state index >= 15 is 0 Å². The molecule has 0 radical (unpaired) electrons. The molecule has 0 saturated carbocycles. The van der Waals surface area contributed by atoms with Gasteiger partial charge in [0, 0.05) is 11.9 Å². The molecule has 114 valence electrons. The standard InChI is InChI=1S/C12H15ClF3NO2S/c1-3-9(13)7-17-20(18,19)11-6-4-5-10(8(11)2)12(14,15)16/h4-6,9,17H,3,7H2,1-2H3. The van der Waals surface area contributed by atoms with Crippen LogP contribution in [-0.2, 0) is 16.2 Å². The molecule has 1 aromatic carbocycles. The van der Waals surface area contributed by atoms with Crippen LogP contribution in [0.15, 0.2) is 23.1 Å². The van der Waals surface area contributed by atoms with Crippen molar-refractivity contribution in [3.8, 4) is 0 Å². The van der Waals surface area contributed by atoms with Crippen LogP contribution >= 0.6 is 11.6 Å². The second kappa shape index (κ2) is 6.32. The fraction of sp³-hybridized carbons (Fsp3) is 0.500. The number of sulfonamides is 1. The number of hydrogen-bond donors (Lipinski definition) is 1. The number of rotatable bonds is 5. The highest BCUT2D eigenvalue weighted by Crippen LogP contribution is 2.34. The molecule has 1 rings (SSSR count). The lowest BCUT2D eigenvalue weighted by Crippen LogP contribution is -2.30. The maximum atomic E-state index is 12.7. The quantitative estimate of drug-likeness (QED) is 0.842. The van der Waals surface area contributed by atoms with E-state index in [-0.39, 0.29) is 17.0 Å². The third kappa shape index (κ3) is 4.10. The molecular weight excluding hydrogens is 315 g/mol. The van der Waals surface area contributed by atoms with E-state index in [1.54, 1.807) is 6.92 Å². The Morgan fingerprint density at radius 1 is 1.35 bits per heavy atom. The highest BCUT2D eigenvalue weighted by Gasteiger charge is 2.34. The van der Waals surface area contributed by atoms with Crippen molar-refractivity contribution in [1.29, 1.82) is 0 Å². The molecule has 20 heavy (non-hydrogen) atoms. The maximum Gasteiger partial charge on any atom is 0.416 e. The summed E-state index contributed by atoms with van der Waals surface area (Å²) in [5.41, 5.74) is -1.28. The van der Waals surface area contributed by atoms with Gasteiger partial charge in [-0.1, -0.05) is 13.0 Å². The lowest BCUT2D eigenvalue weighted by Gasteiger charge is -2.15. The van der Waals surface area contributed by atoms with Crippen LogP contribution in [-0.4, -0.2) is 20.3 Å². The van der Waals surface area contributed by atoms with Gasteiger partial charge in [0.15, 0.2) is 0 Å². The zero-order valence-corrected chi connectivity index (χ0v) is 12.5. The molecule has 1 unspecified atom stereocenters. The van der Waals surface area contributed by atoms with Crippen LogP contribution in [0.5, 0.6) is 0 Å². The lowest BCUT2D eigenvalue weighted by atomic mass is 10.1. The predicted molar refractivity (Wildman–Crippen MR) is 71.3 cm³/mol. The Morgan fingerprint density at radius 3 is 2.45 bits per heavy atom. The minimum absolute atomic E-state index is 0.0317. The number of halogens is 4. The molecule has 3 nitrogen and oxygen atoms in total. The maximum absolute atomic E-state index is 12.7. The Balaban J connectivity index is 3.14. The number of benzene rings is 1. The summed E-state index contributed by atoms with van der Waals surface area (Å²) in [6.45, 7) is 2.88. The molecule has 0 fully saturated rings. The molecule has 0 spiro atoms. The fourth-order valence-electron chi connectivity index (χ4n) is 1.63. The zero-order valence-electron chi connectivity index (χ0n) is 11.0. The Morgan fingerprint density at radius 2 is 1.95 bits per heavy atom. The average Bonchev–Trinajstić information content (AvgIpc) is 2.34. The highest BCUT2D eigenvalue weighted by atomic mass is 35.5. The van der Waals surface area contributed by atoms with Gasteiger partial charge >= 0.3 is 6.18 Å². The minimum Gasteiger partial charge on any atom is -0.210 e. The van der Waals surface area contributed by atoms with Gasteiger partial charge < -0.3 is 0 Å². The topological polar surface area (TPSA) is 46.2 Å². The second-order valence-electron chi connectivity index (χ2n) is 4.28. The Bertz CT molecular complexity index is 573. The van der Waals surface area contributed by atoms with Gasteiger partial charge in [-0.15, -0.1) is 11.6 Å². The number of hydrogen-bond acceptors (Lipinski definition) is 2. The van der Waals surface area contributed by atoms with E-state index in [0.717, 1.165) is 25.1 Å². The fourth-order valence-corrected chi connectivity index (χ4v) is 3.15. The molecule has 1 N–H and O–H groups in total. The van der Waals surface area contributed by atoms with Crippen molar-refractivity contribution < 1.29 is 21.6 Å². The number of nitrogens with one attached hydrogen (secondary N) is 1. The van der Waals surface area contributed by atoms with Gasteiger partial charge in [-0.2, -0.15) is 13.2 Å². The molecule has 0 saturated heterocycles. The zero-order chi connectivity index (χ0) is 15.6. The predicted octanol–water partition coefficient (Wildman–Crippen LogP) is 3.31. The van der Waals surface area contributed by atoms with E-state index in [1.807, 2.05) is 0 Å². The van der Waals surface area contributed by atoms with E-state index in [9.17, 15) is 21.6 Å². The molecule has 8 heteroatoms. The van der Waals surface area contributed by atoms with Gasteiger partial charge in [-0.25, -0.2) is 13.1 Å². The van der Waals surface area contributed by atoms with Crippen LogP contribution < -0.4 is 4.72 Å². The smallest absolute Gasteiger partial charge is 0.210 e. The van der Waals surface area contributed by atoms with E-state index in [1.165, 1.54) is 0 Å². The van der Waals surface area contributed by atoms with Crippen molar-refractivity contribution >= 4 is 21.6 Å². The first-order valence-electron chi connectivity index (χ1n) is 5.90. The number of alkyl halides is 4. The summed E-state index contributed by atoms with van der Waals surface area (Å²) < 4.78 is 64.5. The molecule has 0 aliphatic heterocycles. The van der Waals surface area contributed by atoms with E-state index in [4.69, 9.17) is 11.6 Å². The molecule has 1 aromatic rings. The highest BCUT2D eigenvalue weighted by molar-refractivity contribution is 7.89. The molecule has 0 aliphatic carbocycles. The van der Waals surface area contributed by atoms with Gasteiger partial charge in [-0.05, 0) is 31.0 Å². The molecule has 0 amide bonds. The average molecular weight is 330 g/mol.